The highest BCUT2D eigenvalue weighted by atomic mass is 16.4. The van der Waals surface area contributed by atoms with E-state index in [-0.39, 0.29) is 11.8 Å². The summed E-state index contributed by atoms with van der Waals surface area (Å²) in [6.45, 7) is 5.31. The lowest BCUT2D eigenvalue weighted by molar-refractivity contribution is -0.138. The summed E-state index contributed by atoms with van der Waals surface area (Å²) < 4.78 is 1.60. The molecule has 138 valence electrons. The van der Waals surface area contributed by atoms with Crippen LogP contribution >= 0.6 is 0 Å². The van der Waals surface area contributed by atoms with E-state index in [0.717, 1.165) is 0 Å². The molecule has 0 aliphatic carbocycles. The number of aryl methyl sites for hydroxylation is 1. The fourth-order valence-corrected chi connectivity index (χ4v) is 2.35. The highest BCUT2D eigenvalue weighted by Gasteiger charge is 2.19. The number of carboxylic acids is 1. The minimum absolute atomic E-state index is 0.110. The van der Waals surface area contributed by atoms with Gasteiger partial charge in [-0.25, -0.2) is 0 Å². The largest absolute Gasteiger partial charge is 0.480 e. The molecule has 3 N–H and O–H groups in total. The number of hydrogen-bond donors (Lipinski definition) is 3. The predicted octanol–water partition coefficient (Wildman–Crippen LogP) is 2.00. The monoisotopic (exact) mass is 358 g/mol. The van der Waals surface area contributed by atoms with E-state index in [0.29, 0.717) is 22.5 Å². The summed E-state index contributed by atoms with van der Waals surface area (Å²) in [5, 5.41) is 18.3. The molecule has 0 saturated carbocycles. The maximum atomic E-state index is 12.5. The van der Waals surface area contributed by atoms with Crippen LogP contribution in [0.5, 0.6) is 0 Å². The number of amides is 2. The number of nitrogens with one attached hydrogen (secondary N) is 2. The lowest BCUT2D eigenvalue weighted by Gasteiger charge is -2.10. The van der Waals surface area contributed by atoms with E-state index in [1.807, 2.05) is 13.8 Å². The maximum absolute atomic E-state index is 12.5. The van der Waals surface area contributed by atoms with E-state index in [9.17, 15) is 14.4 Å². The number of aromatic nitrogens is 2. The smallest absolute Gasteiger partial charge is 0.325 e. The second-order valence-electron chi connectivity index (χ2n) is 6.32. The lowest BCUT2D eigenvalue weighted by Crippen LogP contribution is -2.38. The topological polar surface area (TPSA) is 113 Å². The van der Waals surface area contributed by atoms with Crippen LogP contribution < -0.4 is 10.6 Å². The quantitative estimate of drug-likeness (QED) is 0.731. The Bertz CT molecular complexity index is 824. The molecule has 1 aromatic heterocycles. The Hall–Kier alpha value is -3.16. The van der Waals surface area contributed by atoms with Crippen LogP contribution in [0.1, 0.15) is 53.1 Å². The van der Waals surface area contributed by atoms with Gasteiger partial charge in [-0.1, -0.05) is 13.8 Å². The molecule has 0 spiro atoms. The van der Waals surface area contributed by atoms with Gasteiger partial charge in [0, 0.05) is 24.5 Å². The Balaban J connectivity index is 2.08. The van der Waals surface area contributed by atoms with Crippen molar-refractivity contribution in [3.8, 4) is 0 Å². The van der Waals surface area contributed by atoms with E-state index >= 15 is 0 Å². The van der Waals surface area contributed by atoms with Gasteiger partial charge in [0.1, 0.15) is 6.04 Å². The molecule has 0 bridgehead atoms. The van der Waals surface area contributed by atoms with Gasteiger partial charge in [-0.15, -0.1) is 0 Å². The van der Waals surface area contributed by atoms with Crippen LogP contribution in [0.3, 0.4) is 0 Å². The molecule has 0 saturated heterocycles. The van der Waals surface area contributed by atoms with Crippen molar-refractivity contribution in [3.63, 3.8) is 0 Å². The van der Waals surface area contributed by atoms with Gasteiger partial charge in [0.25, 0.3) is 11.8 Å². The summed E-state index contributed by atoms with van der Waals surface area (Å²) in [5.74, 6) is -1.77. The van der Waals surface area contributed by atoms with Crippen LogP contribution in [0.2, 0.25) is 0 Å². The molecular formula is C18H22N4O4. The van der Waals surface area contributed by atoms with Gasteiger partial charge in [-0.05, 0) is 37.1 Å². The van der Waals surface area contributed by atoms with Gasteiger partial charge in [-0.2, -0.15) is 5.10 Å². The first-order chi connectivity index (χ1) is 12.2. The molecule has 0 fully saturated rings. The van der Waals surface area contributed by atoms with Crippen molar-refractivity contribution in [2.45, 2.75) is 32.7 Å². The summed E-state index contributed by atoms with van der Waals surface area (Å²) in [4.78, 5) is 35.2. The van der Waals surface area contributed by atoms with Crippen LogP contribution in [-0.4, -0.2) is 38.7 Å². The summed E-state index contributed by atoms with van der Waals surface area (Å²) in [6.07, 6.45) is 1.67. The first-order valence-corrected chi connectivity index (χ1v) is 8.17. The number of carbonyl (C=O) groups excluding carboxylic acids is 2. The zero-order valence-electron chi connectivity index (χ0n) is 15.1. The van der Waals surface area contributed by atoms with E-state index in [4.69, 9.17) is 5.11 Å². The standard InChI is InChI=1S/C18H22N4O4/c1-10(2)15-14(9-22(4)21-15)17(24)20-13-7-5-12(6-8-13)16(23)19-11(3)18(25)26/h5-11H,1-4H3,(H,19,23)(H,20,24)(H,25,26). The first-order valence-electron chi connectivity index (χ1n) is 8.17. The van der Waals surface area contributed by atoms with Crippen LogP contribution in [0.15, 0.2) is 30.5 Å². The van der Waals surface area contributed by atoms with Crippen molar-refractivity contribution >= 4 is 23.5 Å². The van der Waals surface area contributed by atoms with Gasteiger partial charge < -0.3 is 15.7 Å². The zero-order valence-corrected chi connectivity index (χ0v) is 15.1. The third-order valence-corrected chi connectivity index (χ3v) is 3.77. The van der Waals surface area contributed by atoms with Crippen molar-refractivity contribution in [1.29, 1.82) is 0 Å². The molecule has 2 amide bonds. The number of aliphatic carboxylic acids is 1. The number of nitrogens with zero attached hydrogens (tertiary/aromatic N) is 2. The Morgan fingerprint density at radius 3 is 2.23 bits per heavy atom. The second kappa shape index (κ2) is 7.81. The van der Waals surface area contributed by atoms with Crippen molar-refractivity contribution in [1.82, 2.24) is 15.1 Å². The molecule has 1 unspecified atom stereocenters. The van der Waals surface area contributed by atoms with Gasteiger partial charge in [0.05, 0.1) is 11.3 Å². The summed E-state index contributed by atoms with van der Waals surface area (Å²) in [7, 11) is 1.76. The van der Waals surface area contributed by atoms with E-state index in [1.54, 1.807) is 30.1 Å². The zero-order chi connectivity index (χ0) is 19.4. The highest BCUT2D eigenvalue weighted by Crippen LogP contribution is 2.19. The molecule has 1 aromatic carbocycles. The third-order valence-electron chi connectivity index (χ3n) is 3.77. The number of carboxylic acid groups (broad SMARTS) is 1. The van der Waals surface area contributed by atoms with Gasteiger partial charge in [0.2, 0.25) is 0 Å². The fraction of sp³-hybridized carbons (Fsp3) is 0.333. The number of hydrogen-bond acceptors (Lipinski definition) is 4. The molecule has 8 nitrogen and oxygen atoms in total. The average Bonchev–Trinajstić information content (AvgIpc) is 2.97. The highest BCUT2D eigenvalue weighted by molar-refractivity contribution is 6.05. The van der Waals surface area contributed by atoms with Gasteiger partial charge in [-0.3, -0.25) is 19.1 Å². The van der Waals surface area contributed by atoms with E-state index in [2.05, 4.69) is 15.7 Å². The fourth-order valence-electron chi connectivity index (χ4n) is 2.35. The van der Waals surface area contributed by atoms with Crippen molar-refractivity contribution in [2.24, 2.45) is 7.05 Å². The summed E-state index contributed by atoms with van der Waals surface area (Å²) in [6, 6.07) is 5.23. The predicted molar refractivity (Wildman–Crippen MR) is 96.3 cm³/mol. The minimum atomic E-state index is -1.11. The SMILES string of the molecule is CC(NC(=O)c1ccc(NC(=O)c2cn(C)nc2C(C)C)cc1)C(=O)O. The van der Waals surface area contributed by atoms with Crippen molar-refractivity contribution < 1.29 is 19.5 Å². The third kappa shape index (κ3) is 4.47. The first kappa shape index (κ1) is 19.2. The van der Waals surface area contributed by atoms with Crippen molar-refractivity contribution in [2.75, 3.05) is 5.32 Å². The Morgan fingerprint density at radius 2 is 1.69 bits per heavy atom. The molecule has 1 heterocycles. The van der Waals surface area contributed by atoms with Gasteiger partial charge >= 0.3 is 5.97 Å². The Labute approximate surface area is 151 Å². The minimum Gasteiger partial charge on any atom is -0.480 e. The molecular weight excluding hydrogens is 336 g/mol. The van der Waals surface area contributed by atoms with Crippen LogP contribution in [-0.2, 0) is 11.8 Å². The number of anilines is 1. The summed E-state index contributed by atoms with van der Waals surface area (Å²) >= 11 is 0. The molecule has 0 aliphatic heterocycles. The molecule has 26 heavy (non-hydrogen) atoms. The second-order valence-corrected chi connectivity index (χ2v) is 6.32. The maximum Gasteiger partial charge on any atom is 0.325 e. The van der Waals surface area contributed by atoms with E-state index in [1.165, 1.54) is 19.1 Å². The van der Waals surface area contributed by atoms with Crippen LogP contribution in [0, 0.1) is 0 Å². The Morgan fingerprint density at radius 1 is 1.08 bits per heavy atom. The van der Waals surface area contributed by atoms with Crippen LogP contribution in [0.4, 0.5) is 5.69 Å². The molecule has 0 radical (unpaired) electrons. The molecule has 1 atom stereocenters. The molecule has 8 heteroatoms. The molecule has 2 rings (SSSR count). The molecule has 0 aliphatic rings. The van der Waals surface area contributed by atoms with E-state index < -0.39 is 17.9 Å². The normalized spacial score (nSPS) is 11.9. The number of carbonyl (C=O) groups is 3. The van der Waals surface area contributed by atoms with Crippen molar-refractivity contribution in [3.05, 3.63) is 47.3 Å². The number of rotatable bonds is 6. The van der Waals surface area contributed by atoms with Gasteiger partial charge in [0.15, 0.2) is 0 Å². The average molecular weight is 358 g/mol. The summed E-state index contributed by atoms with van der Waals surface area (Å²) in [5.41, 5.74) is 2.04. The lowest BCUT2D eigenvalue weighted by atomic mass is 10.1. The molecule has 2 aromatic rings. The van der Waals surface area contributed by atoms with Crippen LogP contribution in [0.25, 0.3) is 0 Å². The number of benzene rings is 1. The Kier molecular flexibility index (Phi) is 5.76.